The number of hydrogen-bond donors (Lipinski definition) is 1. The van der Waals surface area contributed by atoms with Crippen molar-refractivity contribution in [2.24, 2.45) is 0 Å². The van der Waals surface area contributed by atoms with Gasteiger partial charge in [0, 0.05) is 19.1 Å². The highest BCUT2D eigenvalue weighted by Crippen LogP contribution is 2.17. The third-order valence-corrected chi connectivity index (χ3v) is 4.66. The van der Waals surface area contributed by atoms with Crippen LogP contribution < -0.4 is 0 Å². The van der Waals surface area contributed by atoms with Gasteiger partial charge in [-0.3, -0.25) is 4.79 Å². The van der Waals surface area contributed by atoms with Gasteiger partial charge in [0.1, 0.15) is 0 Å². The Labute approximate surface area is 95.9 Å². The molecule has 0 spiro atoms. The van der Waals surface area contributed by atoms with Crippen molar-refractivity contribution in [3.63, 3.8) is 0 Å². The van der Waals surface area contributed by atoms with E-state index in [2.05, 4.69) is 0 Å². The van der Waals surface area contributed by atoms with Gasteiger partial charge in [-0.15, -0.1) is 0 Å². The molecular formula is C9H18N2O4S. The van der Waals surface area contributed by atoms with Crippen LogP contribution in [0.3, 0.4) is 0 Å². The van der Waals surface area contributed by atoms with Crippen molar-refractivity contribution in [2.75, 3.05) is 32.9 Å². The molecule has 0 amide bonds. The van der Waals surface area contributed by atoms with E-state index in [-0.39, 0.29) is 18.2 Å². The van der Waals surface area contributed by atoms with Crippen LogP contribution in [0.4, 0.5) is 0 Å². The predicted molar refractivity (Wildman–Crippen MR) is 59.7 cm³/mol. The highest BCUT2D eigenvalue weighted by atomic mass is 32.2. The van der Waals surface area contributed by atoms with Crippen molar-refractivity contribution < 1.29 is 18.3 Å². The molecular weight excluding hydrogens is 232 g/mol. The Balaban J connectivity index is 2.55. The van der Waals surface area contributed by atoms with Gasteiger partial charge in [0.2, 0.25) is 10.0 Å². The summed E-state index contributed by atoms with van der Waals surface area (Å²) >= 11 is 0. The lowest BCUT2D eigenvalue weighted by molar-refractivity contribution is -0.136. The average molecular weight is 250 g/mol. The summed E-state index contributed by atoms with van der Waals surface area (Å²) in [4.78, 5) is 12.3. The zero-order valence-corrected chi connectivity index (χ0v) is 10.4. The molecule has 1 heterocycles. The molecule has 1 atom stereocenters. The number of carboxylic acid groups (broad SMARTS) is 1. The van der Waals surface area contributed by atoms with Crippen LogP contribution in [0, 0.1) is 0 Å². The van der Waals surface area contributed by atoms with Gasteiger partial charge in [-0.2, -0.15) is 0 Å². The Morgan fingerprint density at radius 2 is 2.12 bits per heavy atom. The van der Waals surface area contributed by atoms with Crippen molar-refractivity contribution in [1.29, 1.82) is 0 Å². The molecule has 7 heteroatoms. The first-order valence-corrected chi connectivity index (χ1v) is 6.80. The topological polar surface area (TPSA) is 77.9 Å². The summed E-state index contributed by atoms with van der Waals surface area (Å²) in [6.07, 6.45) is 0.477. The van der Waals surface area contributed by atoms with E-state index in [4.69, 9.17) is 5.11 Å². The van der Waals surface area contributed by atoms with Crippen molar-refractivity contribution in [3.8, 4) is 0 Å². The van der Waals surface area contributed by atoms with Gasteiger partial charge >= 0.3 is 5.97 Å². The van der Waals surface area contributed by atoms with Gasteiger partial charge in [0.25, 0.3) is 0 Å². The van der Waals surface area contributed by atoms with Gasteiger partial charge in [-0.25, -0.2) is 12.7 Å². The fourth-order valence-corrected chi connectivity index (χ4v) is 3.20. The van der Waals surface area contributed by atoms with Crippen LogP contribution in [-0.4, -0.2) is 67.7 Å². The van der Waals surface area contributed by atoms with Crippen LogP contribution in [0.25, 0.3) is 0 Å². The molecule has 0 radical (unpaired) electrons. The number of nitrogens with zero attached hydrogens (tertiary/aromatic N) is 2. The number of aliphatic carboxylic acids is 1. The summed E-state index contributed by atoms with van der Waals surface area (Å²) in [5, 5.41) is 8.47. The molecule has 1 aliphatic rings. The lowest BCUT2D eigenvalue weighted by Crippen LogP contribution is -2.36. The van der Waals surface area contributed by atoms with Gasteiger partial charge in [-0.1, -0.05) is 0 Å². The van der Waals surface area contributed by atoms with Gasteiger partial charge in [0.15, 0.2) is 0 Å². The minimum atomic E-state index is -3.40. The molecule has 1 unspecified atom stereocenters. The largest absolute Gasteiger partial charge is 0.481 e. The SMILES string of the molecule is CN(C)C1CCN(S(=O)(=O)CCC(=O)O)C1. The quantitative estimate of drug-likeness (QED) is 0.707. The van der Waals surface area contributed by atoms with Crippen molar-refractivity contribution in [3.05, 3.63) is 0 Å². The molecule has 0 aliphatic carbocycles. The lowest BCUT2D eigenvalue weighted by atomic mass is 10.2. The van der Waals surface area contributed by atoms with E-state index < -0.39 is 16.0 Å². The Morgan fingerprint density at radius 3 is 2.56 bits per heavy atom. The molecule has 0 aromatic heterocycles. The highest BCUT2D eigenvalue weighted by molar-refractivity contribution is 7.89. The smallest absolute Gasteiger partial charge is 0.304 e. The van der Waals surface area contributed by atoms with E-state index in [1.54, 1.807) is 0 Å². The summed E-state index contributed by atoms with van der Waals surface area (Å²) in [5.41, 5.74) is 0. The Hall–Kier alpha value is -0.660. The van der Waals surface area contributed by atoms with Crippen LogP contribution in [0.1, 0.15) is 12.8 Å². The fourth-order valence-electron chi connectivity index (χ4n) is 1.73. The zero-order valence-electron chi connectivity index (χ0n) is 9.59. The van der Waals surface area contributed by atoms with Crippen LogP contribution in [0.5, 0.6) is 0 Å². The predicted octanol–water partition coefficient (Wildman–Crippen LogP) is -0.573. The molecule has 1 fully saturated rings. The summed E-state index contributed by atoms with van der Waals surface area (Å²) in [6.45, 7) is 0.958. The average Bonchev–Trinajstić information content (AvgIpc) is 2.64. The highest BCUT2D eigenvalue weighted by Gasteiger charge is 2.32. The van der Waals surface area contributed by atoms with Crippen LogP contribution in [-0.2, 0) is 14.8 Å². The Morgan fingerprint density at radius 1 is 1.50 bits per heavy atom. The summed E-state index contributed by atoms with van der Waals surface area (Å²) in [7, 11) is 0.434. The molecule has 0 bridgehead atoms. The first kappa shape index (κ1) is 13.4. The van der Waals surface area contributed by atoms with E-state index in [0.29, 0.717) is 13.1 Å². The lowest BCUT2D eigenvalue weighted by Gasteiger charge is -2.20. The number of likely N-dealkylation sites (N-methyl/N-ethyl adjacent to an activating group) is 1. The molecule has 1 saturated heterocycles. The Kier molecular flexibility index (Phi) is 4.28. The molecule has 0 aromatic rings. The van der Waals surface area contributed by atoms with E-state index in [9.17, 15) is 13.2 Å². The van der Waals surface area contributed by atoms with Gasteiger partial charge in [0.05, 0.1) is 12.2 Å². The molecule has 94 valence electrons. The standard InChI is InChI=1S/C9H18N2O4S/c1-10(2)8-3-5-11(7-8)16(14,15)6-4-9(12)13/h8H,3-7H2,1-2H3,(H,12,13). The number of carboxylic acids is 1. The van der Waals surface area contributed by atoms with E-state index >= 15 is 0 Å². The second-order valence-corrected chi connectivity index (χ2v) is 6.31. The molecule has 0 saturated carbocycles. The minimum absolute atomic E-state index is 0.236. The van der Waals surface area contributed by atoms with Gasteiger partial charge < -0.3 is 10.0 Å². The maximum Gasteiger partial charge on any atom is 0.304 e. The summed E-state index contributed by atoms with van der Waals surface area (Å²) < 4.78 is 24.9. The number of sulfonamides is 1. The molecule has 16 heavy (non-hydrogen) atoms. The number of carbonyl (C=O) groups is 1. The zero-order chi connectivity index (χ0) is 12.3. The van der Waals surface area contributed by atoms with E-state index in [1.165, 1.54) is 4.31 Å². The summed E-state index contributed by atoms with van der Waals surface area (Å²) in [6, 6.07) is 0.236. The molecule has 1 aliphatic heterocycles. The van der Waals surface area contributed by atoms with Crippen molar-refractivity contribution >= 4 is 16.0 Å². The monoisotopic (exact) mass is 250 g/mol. The number of rotatable bonds is 5. The van der Waals surface area contributed by atoms with E-state index in [0.717, 1.165) is 6.42 Å². The van der Waals surface area contributed by atoms with Gasteiger partial charge in [-0.05, 0) is 20.5 Å². The maximum absolute atomic E-state index is 11.7. The van der Waals surface area contributed by atoms with Crippen molar-refractivity contribution in [2.45, 2.75) is 18.9 Å². The first-order valence-electron chi connectivity index (χ1n) is 5.19. The molecule has 6 nitrogen and oxygen atoms in total. The normalized spacial score (nSPS) is 22.8. The minimum Gasteiger partial charge on any atom is -0.481 e. The van der Waals surface area contributed by atoms with Crippen LogP contribution in [0.15, 0.2) is 0 Å². The third-order valence-electron chi connectivity index (χ3n) is 2.82. The van der Waals surface area contributed by atoms with Crippen LogP contribution in [0.2, 0.25) is 0 Å². The second kappa shape index (κ2) is 5.11. The van der Waals surface area contributed by atoms with Crippen LogP contribution >= 0.6 is 0 Å². The second-order valence-electron chi connectivity index (χ2n) is 4.22. The van der Waals surface area contributed by atoms with E-state index in [1.807, 2.05) is 19.0 Å². The fraction of sp³-hybridized carbons (Fsp3) is 0.889. The molecule has 1 N–H and O–H groups in total. The number of hydrogen-bond acceptors (Lipinski definition) is 4. The maximum atomic E-state index is 11.7. The molecule has 1 rings (SSSR count). The third kappa shape index (κ3) is 3.43. The summed E-state index contributed by atoms with van der Waals surface area (Å²) in [5.74, 6) is -1.38. The van der Waals surface area contributed by atoms with Crippen molar-refractivity contribution in [1.82, 2.24) is 9.21 Å². The Bertz CT molecular complexity index is 353. The molecule has 0 aromatic carbocycles. The first-order chi connectivity index (χ1) is 7.33.